The number of carbonyl (C=O) groups excluding carboxylic acids is 5. The van der Waals surface area contributed by atoms with Crippen LogP contribution in [-0.4, -0.2) is 66.1 Å². The van der Waals surface area contributed by atoms with Crippen molar-refractivity contribution < 1.29 is 43.3 Å². The molecule has 0 fully saturated rings. The molecule has 2 amide bonds. The molecule has 0 aliphatic heterocycles. The van der Waals surface area contributed by atoms with Gasteiger partial charge in [0.2, 0.25) is 5.95 Å². The highest BCUT2D eigenvalue weighted by Crippen LogP contribution is 2.22. The summed E-state index contributed by atoms with van der Waals surface area (Å²) in [5, 5.41) is 18.7. The maximum Gasteiger partial charge on any atom is 0.337 e. The fourth-order valence-corrected chi connectivity index (χ4v) is 3.93. The second-order valence-corrected chi connectivity index (χ2v) is 9.17. The first-order chi connectivity index (χ1) is 21.6. The largest absolute Gasteiger partial charge is 0.465 e. The van der Waals surface area contributed by atoms with Crippen LogP contribution in [0.4, 0.5) is 17.6 Å². The van der Waals surface area contributed by atoms with Crippen LogP contribution >= 0.6 is 0 Å². The second kappa shape index (κ2) is 14.3. The van der Waals surface area contributed by atoms with E-state index >= 15 is 0 Å². The van der Waals surface area contributed by atoms with Crippen molar-refractivity contribution in [3.8, 4) is 0 Å². The Balaban J connectivity index is 1.61. The van der Waals surface area contributed by atoms with Crippen molar-refractivity contribution in [3.05, 3.63) is 112 Å². The van der Waals surface area contributed by atoms with Crippen LogP contribution in [0, 0.1) is 0 Å². The molecule has 3 aromatic carbocycles. The molecule has 1 aromatic heterocycles. The monoisotopic (exact) mass is 613 g/mol. The number of hydrogen-bond donors (Lipinski definition) is 4. The van der Waals surface area contributed by atoms with Crippen molar-refractivity contribution in [2.45, 2.75) is 6.23 Å². The molecule has 1 heterocycles. The van der Waals surface area contributed by atoms with Gasteiger partial charge in [0.25, 0.3) is 11.8 Å². The third kappa shape index (κ3) is 8.03. The van der Waals surface area contributed by atoms with Crippen molar-refractivity contribution in [3.63, 3.8) is 0 Å². The number of aromatic nitrogens is 2. The number of anilines is 3. The lowest BCUT2D eigenvalue weighted by Gasteiger charge is -2.16. The fourth-order valence-electron chi connectivity index (χ4n) is 3.93. The minimum absolute atomic E-state index is 0.00588. The average Bonchev–Trinajstić information content (AvgIpc) is 3.07. The Morgan fingerprint density at radius 1 is 0.600 bits per heavy atom. The van der Waals surface area contributed by atoms with Crippen LogP contribution in [0.25, 0.3) is 0 Å². The number of methoxy groups -OCH3 is 3. The van der Waals surface area contributed by atoms with Gasteiger partial charge in [-0.05, 0) is 60.7 Å². The molecule has 1 unspecified atom stereocenters. The highest BCUT2D eigenvalue weighted by atomic mass is 16.5. The molecular formula is C31H27N5O9. The molecule has 1 atom stereocenters. The second-order valence-electron chi connectivity index (χ2n) is 9.17. The molecule has 0 bridgehead atoms. The van der Waals surface area contributed by atoms with Crippen molar-refractivity contribution in [1.82, 2.24) is 9.97 Å². The average molecular weight is 614 g/mol. The number of ether oxygens (including phenoxy) is 3. The Morgan fingerprint density at radius 3 is 1.60 bits per heavy atom. The first-order valence-electron chi connectivity index (χ1n) is 13.1. The van der Waals surface area contributed by atoms with Gasteiger partial charge in [-0.25, -0.2) is 14.4 Å². The Morgan fingerprint density at radius 2 is 1.07 bits per heavy atom. The van der Waals surface area contributed by atoms with Crippen LogP contribution in [0.1, 0.15) is 63.6 Å². The van der Waals surface area contributed by atoms with Crippen molar-refractivity contribution in [2.75, 3.05) is 37.3 Å². The van der Waals surface area contributed by atoms with Crippen LogP contribution in [-0.2, 0) is 14.2 Å². The van der Waals surface area contributed by atoms with Gasteiger partial charge in [0.05, 0.1) is 38.0 Å². The quantitative estimate of drug-likeness (QED) is 0.116. The summed E-state index contributed by atoms with van der Waals surface area (Å²) in [6.45, 7) is 0. The maximum absolute atomic E-state index is 13.0. The van der Waals surface area contributed by atoms with Crippen molar-refractivity contribution in [2.24, 2.45) is 0 Å². The molecule has 45 heavy (non-hydrogen) atoms. The number of aliphatic hydroxyl groups is 1. The van der Waals surface area contributed by atoms with Crippen LogP contribution in [0.2, 0.25) is 0 Å². The van der Waals surface area contributed by atoms with Crippen LogP contribution in [0.5, 0.6) is 0 Å². The number of aliphatic hydroxyl groups excluding tert-OH is 1. The van der Waals surface area contributed by atoms with E-state index in [1.165, 1.54) is 88.1 Å². The van der Waals surface area contributed by atoms with E-state index in [0.29, 0.717) is 5.56 Å². The molecule has 0 spiro atoms. The molecule has 14 heteroatoms. The van der Waals surface area contributed by atoms with Crippen LogP contribution in [0.15, 0.2) is 78.9 Å². The Hall–Kier alpha value is -6.15. The summed E-state index contributed by atoms with van der Waals surface area (Å²) >= 11 is 0. The Bertz CT molecular complexity index is 1650. The van der Waals surface area contributed by atoms with Crippen LogP contribution in [0.3, 0.4) is 0 Å². The number of amides is 2. The molecule has 230 valence electrons. The summed E-state index contributed by atoms with van der Waals surface area (Å²) in [5.74, 6) is -3.27. The number of esters is 3. The fraction of sp³-hybridized carbons (Fsp3) is 0.129. The minimum Gasteiger partial charge on any atom is -0.465 e. The zero-order valence-electron chi connectivity index (χ0n) is 24.2. The Kier molecular flexibility index (Phi) is 10.1. The van der Waals surface area contributed by atoms with Crippen LogP contribution < -0.4 is 16.0 Å². The van der Waals surface area contributed by atoms with Gasteiger partial charge in [-0.1, -0.05) is 12.1 Å². The number of nitrogens with one attached hydrogen (secondary N) is 3. The maximum atomic E-state index is 13.0. The van der Waals surface area contributed by atoms with Gasteiger partial charge >= 0.3 is 17.9 Å². The first kappa shape index (κ1) is 31.8. The molecular weight excluding hydrogens is 586 g/mol. The topological polar surface area (TPSA) is 195 Å². The van der Waals surface area contributed by atoms with E-state index in [1.807, 2.05) is 0 Å². The molecule has 0 saturated carbocycles. The van der Waals surface area contributed by atoms with Gasteiger partial charge in [-0.2, -0.15) is 9.97 Å². The summed E-state index contributed by atoms with van der Waals surface area (Å²) in [7, 11) is 3.71. The van der Waals surface area contributed by atoms with Gasteiger partial charge in [0.15, 0.2) is 6.23 Å². The number of rotatable bonds is 10. The summed E-state index contributed by atoms with van der Waals surface area (Å²) in [6, 6.07) is 18.7. The summed E-state index contributed by atoms with van der Waals surface area (Å²) in [4.78, 5) is 69.8. The van der Waals surface area contributed by atoms with Crippen molar-refractivity contribution >= 4 is 47.3 Å². The lowest BCUT2D eigenvalue weighted by atomic mass is 10.1. The van der Waals surface area contributed by atoms with E-state index < -0.39 is 36.0 Å². The molecule has 0 aliphatic rings. The first-order valence-corrected chi connectivity index (χ1v) is 13.1. The number of benzene rings is 3. The third-order valence-electron chi connectivity index (χ3n) is 6.24. The lowest BCUT2D eigenvalue weighted by molar-refractivity contribution is 0.0591. The summed E-state index contributed by atoms with van der Waals surface area (Å²) in [5.41, 5.74) is 1.34. The minimum atomic E-state index is -1.38. The van der Waals surface area contributed by atoms with E-state index in [9.17, 15) is 29.1 Å². The summed E-state index contributed by atoms with van der Waals surface area (Å²) < 4.78 is 14.1. The number of nitrogens with zero attached hydrogens (tertiary/aromatic N) is 2. The van der Waals surface area contributed by atoms with Gasteiger partial charge < -0.3 is 30.0 Å². The predicted molar refractivity (Wildman–Crippen MR) is 160 cm³/mol. The Labute approximate surface area is 256 Å². The zero-order valence-corrected chi connectivity index (χ0v) is 24.2. The highest BCUT2D eigenvalue weighted by molar-refractivity contribution is 6.06. The SMILES string of the molecule is COC(=O)c1ccc(C(=O)Nc2cc(NC(O)c3cccc(C(=O)OC)c3)nc(NC(=O)c3ccc(C(=O)OC)cc3)n2)cc1. The number of carbonyl (C=O) groups is 5. The molecule has 0 saturated heterocycles. The van der Waals surface area contributed by atoms with E-state index in [1.54, 1.807) is 12.1 Å². The van der Waals surface area contributed by atoms with E-state index in [-0.39, 0.29) is 45.4 Å². The molecule has 4 rings (SSSR count). The van der Waals surface area contributed by atoms with Gasteiger partial charge in [-0.15, -0.1) is 0 Å². The van der Waals surface area contributed by atoms with E-state index in [2.05, 4.69) is 35.4 Å². The highest BCUT2D eigenvalue weighted by Gasteiger charge is 2.17. The molecule has 0 radical (unpaired) electrons. The van der Waals surface area contributed by atoms with Crippen molar-refractivity contribution in [1.29, 1.82) is 0 Å². The predicted octanol–water partition coefficient (Wildman–Crippen LogP) is 3.44. The van der Waals surface area contributed by atoms with E-state index in [0.717, 1.165) is 0 Å². The molecule has 4 N–H and O–H groups in total. The molecule has 4 aromatic rings. The third-order valence-corrected chi connectivity index (χ3v) is 6.24. The zero-order chi connectivity index (χ0) is 32.5. The smallest absolute Gasteiger partial charge is 0.337 e. The lowest BCUT2D eigenvalue weighted by Crippen LogP contribution is -2.19. The van der Waals surface area contributed by atoms with Gasteiger partial charge in [0, 0.05) is 22.8 Å². The van der Waals surface area contributed by atoms with E-state index in [4.69, 9.17) is 4.74 Å². The molecule has 14 nitrogen and oxygen atoms in total. The van der Waals surface area contributed by atoms with Gasteiger partial charge in [-0.3, -0.25) is 14.9 Å². The standard InChI is InChI=1S/C31H27N5O9/c1-43-28(40)19-11-7-17(8-12-19)25(37)32-23-16-24(33-27(39)21-5-4-6-22(15-21)30(42)45-3)35-31(34-23)36-26(38)18-9-13-20(14-10-18)29(41)44-2/h4-16,27,39H,1-3H3,(H3,32,33,34,35,36,37,38). The summed E-state index contributed by atoms with van der Waals surface area (Å²) in [6.07, 6.45) is -1.38. The molecule has 0 aliphatic carbocycles. The number of hydrogen-bond acceptors (Lipinski definition) is 12. The normalized spacial score (nSPS) is 11.0. The van der Waals surface area contributed by atoms with Gasteiger partial charge in [0.1, 0.15) is 11.6 Å².